The van der Waals surface area contributed by atoms with Gasteiger partial charge in [-0.05, 0) is 31.7 Å². The average Bonchev–Trinajstić information content (AvgIpc) is 3.29. The third-order valence-electron chi connectivity index (χ3n) is 6.01. The third-order valence-corrected chi connectivity index (χ3v) is 6.01. The van der Waals surface area contributed by atoms with Gasteiger partial charge in [-0.3, -0.25) is 19.1 Å². The molecule has 0 saturated heterocycles. The minimum Gasteiger partial charge on any atom is -0.383 e. The number of rotatable bonds is 9. The number of nitrogens with two attached hydrogens (primary N) is 1. The van der Waals surface area contributed by atoms with Crippen molar-refractivity contribution in [2.75, 3.05) is 17.2 Å². The number of carbonyl (C=O) groups excluding carboxylic acids is 1. The van der Waals surface area contributed by atoms with E-state index in [1.54, 1.807) is 0 Å². The van der Waals surface area contributed by atoms with E-state index in [0.717, 1.165) is 44.1 Å². The first kappa shape index (κ1) is 22.8. The fourth-order valence-corrected chi connectivity index (χ4v) is 4.21. The lowest BCUT2D eigenvalue weighted by Crippen LogP contribution is -2.48. The number of nitrogens with zero attached hydrogens (tertiary/aromatic N) is 2. The Labute approximate surface area is 182 Å². The highest BCUT2D eigenvalue weighted by Crippen LogP contribution is 2.29. The predicted molar refractivity (Wildman–Crippen MR) is 123 cm³/mol. The van der Waals surface area contributed by atoms with E-state index >= 15 is 0 Å². The molecular weight excluding hydrogens is 394 g/mol. The Balaban J connectivity index is 1.90. The van der Waals surface area contributed by atoms with Crippen LogP contribution in [0.2, 0.25) is 0 Å². The third kappa shape index (κ3) is 5.25. The number of carbonyl (C=O) groups is 1. The van der Waals surface area contributed by atoms with Crippen LogP contribution in [0.5, 0.6) is 0 Å². The zero-order chi connectivity index (χ0) is 22.4. The highest BCUT2D eigenvalue weighted by atomic mass is 16.2. The Bertz CT molecular complexity index is 993. The van der Waals surface area contributed by atoms with E-state index in [1.165, 1.54) is 9.47 Å². The van der Waals surface area contributed by atoms with Crippen LogP contribution in [-0.4, -0.2) is 28.0 Å². The molecule has 1 aromatic carbocycles. The highest BCUT2D eigenvalue weighted by Gasteiger charge is 2.32. The first-order valence-corrected chi connectivity index (χ1v) is 11.2. The monoisotopic (exact) mass is 427 g/mol. The summed E-state index contributed by atoms with van der Waals surface area (Å²) in [6.07, 6.45) is 5.25. The Morgan fingerprint density at radius 1 is 1.26 bits per heavy atom. The van der Waals surface area contributed by atoms with Crippen LogP contribution in [0.3, 0.4) is 0 Å². The molecule has 4 N–H and O–H groups in total. The Kier molecular flexibility index (Phi) is 7.68. The van der Waals surface area contributed by atoms with Crippen LogP contribution < -0.4 is 27.2 Å². The second-order valence-electron chi connectivity index (χ2n) is 8.21. The molecule has 1 saturated carbocycles. The first-order valence-electron chi connectivity index (χ1n) is 11.2. The second-order valence-corrected chi connectivity index (χ2v) is 8.21. The number of nitrogen functional groups attached to an aromatic ring is 1. The van der Waals surface area contributed by atoms with Gasteiger partial charge < -0.3 is 16.0 Å². The molecule has 3 rings (SSSR count). The molecule has 0 spiro atoms. The predicted octanol–water partition coefficient (Wildman–Crippen LogP) is 2.55. The lowest BCUT2D eigenvalue weighted by Gasteiger charge is -2.30. The molecule has 1 atom stereocenters. The Morgan fingerprint density at radius 3 is 2.58 bits per heavy atom. The molecule has 8 heteroatoms. The number of hydrogen-bond donors (Lipinski definition) is 3. The first-order chi connectivity index (χ1) is 14.9. The minimum atomic E-state index is -0.605. The van der Waals surface area contributed by atoms with E-state index in [2.05, 4.69) is 10.3 Å². The van der Waals surface area contributed by atoms with Gasteiger partial charge in [0, 0.05) is 18.6 Å². The molecular formula is C23H33N5O3. The summed E-state index contributed by atoms with van der Waals surface area (Å²) in [5.41, 5.74) is 6.35. The van der Waals surface area contributed by atoms with Gasteiger partial charge in [-0.2, -0.15) is 0 Å². The quantitative estimate of drug-likeness (QED) is 0.569. The van der Waals surface area contributed by atoms with E-state index in [-0.39, 0.29) is 36.0 Å². The van der Waals surface area contributed by atoms with Gasteiger partial charge in [-0.25, -0.2) is 4.79 Å². The maximum absolute atomic E-state index is 13.3. The number of unbranched alkanes of at least 4 members (excludes halogenated alkanes) is 1. The second kappa shape index (κ2) is 10.4. The molecule has 8 nitrogen and oxygen atoms in total. The van der Waals surface area contributed by atoms with E-state index < -0.39 is 11.2 Å². The number of nitrogens with one attached hydrogen (secondary N) is 2. The van der Waals surface area contributed by atoms with Crippen LogP contribution in [0.25, 0.3) is 0 Å². The summed E-state index contributed by atoms with van der Waals surface area (Å²) in [4.78, 5) is 42.4. The van der Waals surface area contributed by atoms with Crippen molar-refractivity contribution in [2.24, 2.45) is 0 Å². The fraction of sp³-hybridized carbons (Fsp3) is 0.522. The molecule has 1 fully saturated rings. The van der Waals surface area contributed by atoms with E-state index in [0.29, 0.717) is 6.54 Å². The van der Waals surface area contributed by atoms with Gasteiger partial charge in [-0.1, -0.05) is 56.5 Å². The molecule has 1 aromatic heterocycles. The lowest BCUT2D eigenvalue weighted by atomic mass is 10.1. The van der Waals surface area contributed by atoms with Crippen molar-refractivity contribution in [3.05, 3.63) is 56.7 Å². The lowest BCUT2D eigenvalue weighted by molar-refractivity contribution is -0.118. The molecule has 0 aliphatic heterocycles. The molecule has 1 heterocycles. The summed E-state index contributed by atoms with van der Waals surface area (Å²) >= 11 is 0. The van der Waals surface area contributed by atoms with Gasteiger partial charge in [-0.15, -0.1) is 0 Å². The molecule has 0 unspecified atom stereocenters. The standard InChI is InChI=1S/C23H33N5O3/c1-3-4-14-27-21(24)20(22(30)26-23(27)31)28(18-12-8-9-13-18)19(29)15-25-16(2)17-10-6-5-7-11-17/h5-7,10-11,16,18,25H,3-4,8-9,12-15,24H2,1-2H3,(H,26,30,31)/t16-/m1/s1. The van der Waals surface area contributed by atoms with Gasteiger partial charge in [0.2, 0.25) is 5.91 Å². The van der Waals surface area contributed by atoms with Crippen LogP contribution in [0.15, 0.2) is 39.9 Å². The van der Waals surface area contributed by atoms with Crippen LogP contribution in [-0.2, 0) is 11.3 Å². The van der Waals surface area contributed by atoms with Gasteiger partial charge in [0.25, 0.3) is 5.56 Å². The molecule has 2 aromatic rings. The van der Waals surface area contributed by atoms with Crippen LogP contribution in [0.1, 0.15) is 64.0 Å². The minimum absolute atomic E-state index is 0.0234. The van der Waals surface area contributed by atoms with Crippen molar-refractivity contribution >= 4 is 17.4 Å². The maximum Gasteiger partial charge on any atom is 0.330 e. The van der Waals surface area contributed by atoms with Crippen LogP contribution in [0, 0.1) is 0 Å². The number of benzene rings is 1. The molecule has 1 aliphatic carbocycles. The van der Waals surface area contributed by atoms with E-state index in [9.17, 15) is 14.4 Å². The molecule has 168 valence electrons. The average molecular weight is 428 g/mol. The largest absolute Gasteiger partial charge is 0.383 e. The summed E-state index contributed by atoms with van der Waals surface area (Å²) in [6, 6.07) is 9.75. The molecule has 0 bridgehead atoms. The van der Waals surface area contributed by atoms with Crippen LogP contribution >= 0.6 is 0 Å². The Morgan fingerprint density at radius 2 is 1.94 bits per heavy atom. The number of aromatic amines is 1. The van der Waals surface area contributed by atoms with Crippen molar-refractivity contribution in [2.45, 2.75) is 71.0 Å². The van der Waals surface area contributed by atoms with Gasteiger partial charge >= 0.3 is 5.69 Å². The number of H-pyrrole nitrogens is 1. The van der Waals surface area contributed by atoms with Gasteiger partial charge in [0.1, 0.15) is 5.82 Å². The van der Waals surface area contributed by atoms with Crippen molar-refractivity contribution in [1.82, 2.24) is 14.9 Å². The molecule has 1 aliphatic rings. The van der Waals surface area contributed by atoms with Crippen molar-refractivity contribution in [3.8, 4) is 0 Å². The summed E-state index contributed by atoms with van der Waals surface area (Å²) in [5, 5.41) is 3.26. The smallest absolute Gasteiger partial charge is 0.330 e. The summed E-state index contributed by atoms with van der Waals surface area (Å²) in [5.74, 6) is -0.147. The SMILES string of the molecule is CCCCn1c(N)c(N(C(=O)CN[C@H](C)c2ccccc2)C2CCCC2)c(=O)[nH]c1=O. The molecule has 0 radical (unpaired) electrons. The maximum atomic E-state index is 13.3. The molecule has 31 heavy (non-hydrogen) atoms. The number of aromatic nitrogens is 2. The van der Waals surface area contributed by atoms with E-state index in [1.807, 2.05) is 44.2 Å². The number of amides is 1. The fourth-order valence-electron chi connectivity index (χ4n) is 4.21. The van der Waals surface area contributed by atoms with Gasteiger partial charge in [0.05, 0.1) is 6.54 Å². The Hall–Kier alpha value is -2.87. The van der Waals surface area contributed by atoms with Crippen LogP contribution in [0.4, 0.5) is 11.5 Å². The summed E-state index contributed by atoms with van der Waals surface area (Å²) < 4.78 is 1.37. The summed E-state index contributed by atoms with van der Waals surface area (Å²) in [7, 11) is 0. The summed E-state index contributed by atoms with van der Waals surface area (Å²) in [6.45, 7) is 4.48. The highest BCUT2D eigenvalue weighted by molar-refractivity contribution is 5.97. The zero-order valence-electron chi connectivity index (χ0n) is 18.4. The number of hydrogen-bond acceptors (Lipinski definition) is 5. The van der Waals surface area contributed by atoms with Crippen molar-refractivity contribution in [3.63, 3.8) is 0 Å². The van der Waals surface area contributed by atoms with Crippen molar-refractivity contribution in [1.29, 1.82) is 0 Å². The zero-order valence-corrected chi connectivity index (χ0v) is 18.4. The van der Waals surface area contributed by atoms with Crippen molar-refractivity contribution < 1.29 is 4.79 Å². The normalized spacial score (nSPS) is 15.2. The topological polar surface area (TPSA) is 113 Å². The van der Waals surface area contributed by atoms with E-state index in [4.69, 9.17) is 5.73 Å². The molecule has 1 amide bonds. The number of anilines is 2. The van der Waals surface area contributed by atoms with Gasteiger partial charge in [0.15, 0.2) is 5.69 Å².